The SMILES string of the molecule is NC(=O)CCC(NC(=O)C1CCCN1)C(=O)NC(Cc1c[nH]c2ccccc12)C(=O)O. The summed E-state index contributed by atoms with van der Waals surface area (Å²) in [6.45, 7) is 0.710. The van der Waals surface area contributed by atoms with Crippen molar-refractivity contribution in [2.75, 3.05) is 6.54 Å². The predicted octanol–water partition coefficient (Wildman–Crippen LogP) is -0.218. The molecule has 166 valence electrons. The number of hydrogen-bond donors (Lipinski definition) is 6. The van der Waals surface area contributed by atoms with Gasteiger partial charge in [0.2, 0.25) is 17.7 Å². The largest absolute Gasteiger partial charge is 0.480 e. The number of rotatable bonds is 10. The molecule has 0 spiro atoms. The average molecular weight is 429 g/mol. The van der Waals surface area contributed by atoms with Gasteiger partial charge in [-0.25, -0.2) is 4.79 Å². The maximum absolute atomic E-state index is 12.8. The van der Waals surface area contributed by atoms with Crippen molar-refractivity contribution in [1.29, 1.82) is 0 Å². The van der Waals surface area contributed by atoms with Crippen LogP contribution >= 0.6 is 0 Å². The first-order valence-electron chi connectivity index (χ1n) is 10.3. The summed E-state index contributed by atoms with van der Waals surface area (Å²) < 4.78 is 0. The van der Waals surface area contributed by atoms with Crippen LogP contribution in [0.15, 0.2) is 30.5 Å². The second-order valence-corrected chi connectivity index (χ2v) is 7.68. The number of carboxylic acid groups (broad SMARTS) is 1. The van der Waals surface area contributed by atoms with E-state index in [1.807, 2.05) is 24.3 Å². The lowest BCUT2D eigenvalue weighted by atomic mass is 10.0. The first-order valence-corrected chi connectivity index (χ1v) is 10.3. The number of amides is 3. The summed E-state index contributed by atoms with van der Waals surface area (Å²) in [5, 5.41) is 18.7. The van der Waals surface area contributed by atoms with Crippen molar-refractivity contribution < 1.29 is 24.3 Å². The van der Waals surface area contributed by atoms with Crippen LogP contribution in [0.4, 0.5) is 0 Å². The number of benzene rings is 1. The van der Waals surface area contributed by atoms with E-state index in [1.54, 1.807) is 6.20 Å². The van der Waals surface area contributed by atoms with E-state index in [9.17, 15) is 24.3 Å². The van der Waals surface area contributed by atoms with Crippen molar-refractivity contribution in [3.63, 3.8) is 0 Å². The fraction of sp³-hybridized carbons (Fsp3) is 0.429. The minimum atomic E-state index is -1.20. The van der Waals surface area contributed by atoms with E-state index < -0.39 is 35.9 Å². The van der Waals surface area contributed by atoms with Crippen LogP contribution in [-0.2, 0) is 25.6 Å². The number of carbonyl (C=O) groups excluding carboxylic acids is 3. The van der Waals surface area contributed by atoms with Crippen LogP contribution in [0.3, 0.4) is 0 Å². The number of aromatic amines is 1. The maximum atomic E-state index is 12.8. The molecule has 3 amide bonds. The highest BCUT2D eigenvalue weighted by Gasteiger charge is 2.30. The Balaban J connectivity index is 1.70. The van der Waals surface area contributed by atoms with Crippen molar-refractivity contribution in [2.24, 2.45) is 5.73 Å². The summed E-state index contributed by atoms with van der Waals surface area (Å²) in [7, 11) is 0. The Morgan fingerprint density at radius 3 is 2.61 bits per heavy atom. The third-order valence-corrected chi connectivity index (χ3v) is 5.40. The summed E-state index contributed by atoms with van der Waals surface area (Å²) in [4.78, 5) is 51.4. The van der Waals surface area contributed by atoms with E-state index in [-0.39, 0.29) is 25.2 Å². The number of aromatic nitrogens is 1. The molecule has 1 saturated heterocycles. The van der Waals surface area contributed by atoms with Crippen LogP contribution in [0.2, 0.25) is 0 Å². The van der Waals surface area contributed by atoms with Crippen LogP contribution in [0.5, 0.6) is 0 Å². The number of carbonyl (C=O) groups is 4. The highest BCUT2D eigenvalue weighted by Crippen LogP contribution is 2.19. The quantitative estimate of drug-likeness (QED) is 0.305. The van der Waals surface area contributed by atoms with Gasteiger partial charge in [0, 0.05) is 29.9 Å². The first kappa shape index (κ1) is 22.3. The summed E-state index contributed by atoms with van der Waals surface area (Å²) >= 11 is 0. The van der Waals surface area contributed by atoms with Gasteiger partial charge in [-0.2, -0.15) is 0 Å². The van der Waals surface area contributed by atoms with Gasteiger partial charge in [-0.05, 0) is 37.4 Å². The molecule has 0 saturated carbocycles. The predicted molar refractivity (Wildman–Crippen MR) is 113 cm³/mol. The molecule has 3 rings (SSSR count). The van der Waals surface area contributed by atoms with E-state index in [1.165, 1.54) is 0 Å². The Labute approximate surface area is 178 Å². The maximum Gasteiger partial charge on any atom is 0.326 e. The van der Waals surface area contributed by atoms with Gasteiger partial charge >= 0.3 is 5.97 Å². The topological polar surface area (TPSA) is 166 Å². The number of primary amides is 1. The molecule has 7 N–H and O–H groups in total. The fourth-order valence-corrected chi connectivity index (χ4v) is 3.73. The normalized spacial score (nSPS) is 17.7. The molecule has 1 aliphatic heterocycles. The number of para-hydroxylation sites is 1. The van der Waals surface area contributed by atoms with Crippen molar-refractivity contribution in [1.82, 2.24) is 20.9 Å². The van der Waals surface area contributed by atoms with Crippen molar-refractivity contribution in [3.8, 4) is 0 Å². The molecular weight excluding hydrogens is 402 g/mol. The highest BCUT2D eigenvalue weighted by molar-refractivity contribution is 5.92. The number of hydrogen-bond acceptors (Lipinski definition) is 5. The third kappa shape index (κ3) is 5.82. The Bertz CT molecular complexity index is 966. The van der Waals surface area contributed by atoms with Crippen LogP contribution in [0, 0.1) is 0 Å². The molecule has 2 aromatic rings. The molecule has 10 heteroatoms. The second-order valence-electron chi connectivity index (χ2n) is 7.68. The van der Waals surface area contributed by atoms with E-state index in [0.717, 1.165) is 22.9 Å². The number of aliphatic carboxylic acids is 1. The van der Waals surface area contributed by atoms with Gasteiger partial charge in [0.25, 0.3) is 0 Å². The highest BCUT2D eigenvalue weighted by atomic mass is 16.4. The summed E-state index contributed by atoms with van der Waals surface area (Å²) in [6, 6.07) is 4.78. The van der Waals surface area contributed by atoms with Gasteiger partial charge in [0.05, 0.1) is 6.04 Å². The van der Waals surface area contributed by atoms with E-state index in [0.29, 0.717) is 13.0 Å². The molecule has 0 bridgehead atoms. The van der Waals surface area contributed by atoms with Crippen molar-refractivity contribution in [3.05, 3.63) is 36.0 Å². The number of nitrogens with one attached hydrogen (secondary N) is 4. The molecule has 1 aromatic heterocycles. The fourth-order valence-electron chi connectivity index (χ4n) is 3.73. The number of H-pyrrole nitrogens is 1. The molecule has 3 atom stereocenters. The van der Waals surface area contributed by atoms with Gasteiger partial charge < -0.3 is 31.8 Å². The molecule has 10 nitrogen and oxygen atoms in total. The molecule has 0 aliphatic carbocycles. The zero-order valence-corrected chi connectivity index (χ0v) is 17.0. The zero-order valence-electron chi connectivity index (χ0n) is 17.0. The Kier molecular flexibility index (Phi) is 7.24. The molecule has 0 radical (unpaired) electrons. The molecule has 31 heavy (non-hydrogen) atoms. The smallest absolute Gasteiger partial charge is 0.326 e. The summed E-state index contributed by atoms with van der Waals surface area (Å²) in [5.41, 5.74) is 6.80. The molecule has 1 fully saturated rings. The number of fused-ring (bicyclic) bond motifs is 1. The third-order valence-electron chi connectivity index (χ3n) is 5.40. The minimum absolute atomic E-state index is 0.0148. The standard InChI is InChI=1S/C21H27N5O5/c22-18(27)8-7-16(25-19(28)15-6-3-9-23-15)20(29)26-17(21(30)31)10-12-11-24-14-5-2-1-4-13(12)14/h1-2,4-5,11,15-17,23-24H,3,6-10H2,(H2,22,27)(H,25,28)(H,26,29)(H,30,31). The molecular formula is C21H27N5O5. The zero-order chi connectivity index (χ0) is 22.4. The summed E-state index contributed by atoms with van der Waals surface area (Å²) in [5.74, 6) is -2.83. The lowest BCUT2D eigenvalue weighted by molar-refractivity contribution is -0.142. The van der Waals surface area contributed by atoms with Crippen molar-refractivity contribution >= 4 is 34.6 Å². The average Bonchev–Trinajstić information content (AvgIpc) is 3.40. The summed E-state index contributed by atoms with van der Waals surface area (Å²) in [6.07, 6.45) is 3.14. The van der Waals surface area contributed by atoms with Crippen molar-refractivity contribution in [2.45, 2.75) is 50.2 Å². The van der Waals surface area contributed by atoms with E-state index in [4.69, 9.17) is 5.73 Å². The Morgan fingerprint density at radius 2 is 1.94 bits per heavy atom. The van der Waals surface area contributed by atoms with E-state index in [2.05, 4.69) is 20.9 Å². The second kappa shape index (κ2) is 10.1. The van der Waals surface area contributed by atoms with Crippen LogP contribution in [0.25, 0.3) is 10.9 Å². The molecule has 1 aromatic carbocycles. The Morgan fingerprint density at radius 1 is 1.16 bits per heavy atom. The minimum Gasteiger partial charge on any atom is -0.480 e. The van der Waals surface area contributed by atoms with Crippen LogP contribution in [0.1, 0.15) is 31.2 Å². The molecule has 2 heterocycles. The lowest BCUT2D eigenvalue weighted by Crippen LogP contribution is -2.54. The van der Waals surface area contributed by atoms with Gasteiger partial charge in [-0.15, -0.1) is 0 Å². The van der Waals surface area contributed by atoms with Crippen LogP contribution < -0.4 is 21.7 Å². The lowest BCUT2D eigenvalue weighted by Gasteiger charge is -2.22. The monoisotopic (exact) mass is 429 g/mol. The van der Waals surface area contributed by atoms with Gasteiger partial charge in [0.15, 0.2) is 0 Å². The van der Waals surface area contributed by atoms with Gasteiger partial charge in [0.1, 0.15) is 12.1 Å². The number of carboxylic acids is 1. The first-order chi connectivity index (χ1) is 14.8. The van der Waals surface area contributed by atoms with Crippen LogP contribution in [-0.4, -0.2) is 58.5 Å². The van der Waals surface area contributed by atoms with E-state index >= 15 is 0 Å². The van der Waals surface area contributed by atoms with Gasteiger partial charge in [-0.3, -0.25) is 14.4 Å². The van der Waals surface area contributed by atoms with Gasteiger partial charge in [-0.1, -0.05) is 18.2 Å². The number of nitrogens with two attached hydrogens (primary N) is 1. The molecule has 1 aliphatic rings. The molecule has 3 unspecified atom stereocenters. The Hall–Kier alpha value is -3.40.